The highest BCUT2D eigenvalue weighted by molar-refractivity contribution is 7.47. The van der Waals surface area contributed by atoms with E-state index >= 15 is 0 Å². The van der Waals surface area contributed by atoms with E-state index < -0.39 is 97.5 Å². The van der Waals surface area contributed by atoms with Gasteiger partial charge >= 0.3 is 39.5 Å². The monoisotopic (exact) mass is 1300 g/mol. The van der Waals surface area contributed by atoms with Crippen molar-refractivity contribution >= 4 is 39.5 Å². The first-order valence-corrected chi connectivity index (χ1v) is 38.7. The molecule has 17 nitrogen and oxygen atoms in total. The van der Waals surface area contributed by atoms with Crippen LogP contribution in [-0.2, 0) is 65.4 Å². The molecule has 0 aromatic heterocycles. The average Bonchev–Trinajstić information content (AvgIpc) is 3.46. The highest BCUT2D eigenvalue weighted by atomic mass is 31.2. The molecule has 88 heavy (non-hydrogen) atoms. The van der Waals surface area contributed by atoms with Gasteiger partial charge in [-0.3, -0.25) is 37.3 Å². The van der Waals surface area contributed by atoms with Gasteiger partial charge in [-0.1, -0.05) is 287 Å². The van der Waals surface area contributed by atoms with Gasteiger partial charge in [-0.2, -0.15) is 0 Å². The van der Waals surface area contributed by atoms with E-state index in [-0.39, 0.29) is 25.7 Å². The smallest absolute Gasteiger partial charge is 0.462 e. The highest BCUT2D eigenvalue weighted by Crippen LogP contribution is 2.45. The SMILES string of the molecule is CC(C)CCCCCCCCCCCCCCC(=O)OC[C@H](COP(=O)(O)OCC(O)COP(=O)(O)OC[C@@H](COC(=O)CCCCCCCCCC(C)C)OC(=O)CCCCCCCCCCC(C)C)OC(=O)CCCCCCCCCCCC(C)C. The van der Waals surface area contributed by atoms with E-state index in [2.05, 4.69) is 55.4 Å². The molecule has 0 aromatic carbocycles. The molecule has 0 aliphatic rings. The van der Waals surface area contributed by atoms with E-state index in [0.29, 0.717) is 31.6 Å². The normalized spacial score (nSPS) is 14.3. The predicted molar refractivity (Wildman–Crippen MR) is 354 cm³/mol. The largest absolute Gasteiger partial charge is 0.472 e. The first-order valence-electron chi connectivity index (χ1n) is 35.7. The molecule has 0 rings (SSSR count). The van der Waals surface area contributed by atoms with Crippen LogP contribution in [0.1, 0.15) is 338 Å². The molecule has 19 heteroatoms. The lowest BCUT2D eigenvalue weighted by Crippen LogP contribution is -2.30. The molecule has 0 radical (unpaired) electrons. The molecule has 5 atom stereocenters. The average molecular weight is 1300 g/mol. The third kappa shape index (κ3) is 62.8. The summed E-state index contributed by atoms with van der Waals surface area (Å²) >= 11 is 0. The lowest BCUT2D eigenvalue weighted by atomic mass is 10.0. The third-order valence-electron chi connectivity index (χ3n) is 15.8. The van der Waals surface area contributed by atoms with Crippen molar-refractivity contribution in [1.29, 1.82) is 0 Å². The number of phosphoric ester groups is 2. The summed E-state index contributed by atoms with van der Waals surface area (Å²) < 4.78 is 68.2. The maximum absolute atomic E-state index is 13.0. The molecular weight excluding hydrogens is 1160 g/mol. The first kappa shape index (κ1) is 86.1. The molecule has 3 unspecified atom stereocenters. The van der Waals surface area contributed by atoms with Crippen LogP contribution in [0.5, 0.6) is 0 Å². The number of ether oxygens (including phenoxy) is 4. The summed E-state index contributed by atoms with van der Waals surface area (Å²) in [4.78, 5) is 72.5. The number of carbonyl (C=O) groups excluding carboxylic acids is 4. The molecule has 0 aromatic rings. The fourth-order valence-corrected chi connectivity index (χ4v) is 11.9. The van der Waals surface area contributed by atoms with Gasteiger partial charge in [-0.25, -0.2) is 9.13 Å². The van der Waals surface area contributed by atoms with Crippen LogP contribution in [0.2, 0.25) is 0 Å². The van der Waals surface area contributed by atoms with Crippen molar-refractivity contribution < 1.29 is 80.2 Å². The Morgan fingerprint density at radius 2 is 0.477 bits per heavy atom. The van der Waals surface area contributed by atoms with E-state index in [0.717, 1.165) is 114 Å². The molecule has 0 aliphatic heterocycles. The van der Waals surface area contributed by atoms with E-state index in [1.807, 2.05) is 0 Å². The van der Waals surface area contributed by atoms with E-state index in [1.165, 1.54) is 135 Å². The zero-order chi connectivity index (χ0) is 65.4. The maximum atomic E-state index is 13.0. The van der Waals surface area contributed by atoms with Crippen LogP contribution in [-0.4, -0.2) is 96.7 Å². The van der Waals surface area contributed by atoms with Gasteiger partial charge in [0.05, 0.1) is 26.4 Å². The zero-order valence-corrected chi connectivity index (χ0v) is 59.1. The van der Waals surface area contributed by atoms with Crippen molar-refractivity contribution in [2.45, 2.75) is 356 Å². The quantitative estimate of drug-likeness (QED) is 0.0222. The van der Waals surface area contributed by atoms with E-state index in [9.17, 15) is 43.2 Å². The highest BCUT2D eigenvalue weighted by Gasteiger charge is 2.30. The van der Waals surface area contributed by atoms with Crippen LogP contribution in [0.3, 0.4) is 0 Å². The Balaban J connectivity index is 5.24. The summed E-state index contributed by atoms with van der Waals surface area (Å²) in [7, 11) is -9.90. The van der Waals surface area contributed by atoms with Crippen molar-refractivity contribution in [2.75, 3.05) is 39.6 Å². The number of aliphatic hydroxyl groups excluding tert-OH is 1. The first-order chi connectivity index (χ1) is 42.1. The predicted octanol–water partition coefficient (Wildman–Crippen LogP) is 19.3. The Hall–Kier alpha value is -1.94. The van der Waals surface area contributed by atoms with Crippen molar-refractivity contribution in [3.8, 4) is 0 Å². The zero-order valence-electron chi connectivity index (χ0n) is 57.3. The summed E-state index contributed by atoms with van der Waals surface area (Å²) in [6.07, 6.45) is 40.4. The number of carbonyl (C=O) groups is 4. The van der Waals surface area contributed by atoms with Crippen molar-refractivity contribution in [3.05, 3.63) is 0 Å². The molecule has 3 N–H and O–H groups in total. The Kier molecular flexibility index (Phi) is 57.6. The summed E-state index contributed by atoms with van der Waals surface area (Å²) in [6.45, 7) is 14.0. The molecule has 0 heterocycles. The van der Waals surface area contributed by atoms with Crippen LogP contribution in [0.15, 0.2) is 0 Å². The van der Waals surface area contributed by atoms with Gasteiger partial charge in [-0.05, 0) is 49.4 Å². The molecule has 0 spiro atoms. The molecule has 0 fully saturated rings. The molecule has 0 saturated heterocycles. The van der Waals surface area contributed by atoms with Crippen LogP contribution in [0.4, 0.5) is 0 Å². The van der Waals surface area contributed by atoms with Gasteiger partial charge in [0.1, 0.15) is 19.3 Å². The van der Waals surface area contributed by atoms with Crippen LogP contribution in [0, 0.1) is 23.7 Å². The second-order valence-corrected chi connectivity index (χ2v) is 29.7. The van der Waals surface area contributed by atoms with Crippen molar-refractivity contribution in [3.63, 3.8) is 0 Å². The van der Waals surface area contributed by atoms with E-state index in [1.54, 1.807) is 0 Å². The maximum Gasteiger partial charge on any atom is 0.472 e. The minimum Gasteiger partial charge on any atom is -0.462 e. The Morgan fingerprint density at radius 1 is 0.284 bits per heavy atom. The molecule has 522 valence electrons. The van der Waals surface area contributed by atoms with Gasteiger partial charge in [0, 0.05) is 25.7 Å². The van der Waals surface area contributed by atoms with Gasteiger partial charge in [-0.15, -0.1) is 0 Å². The Morgan fingerprint density at radius 3 is 0.705 bits per heavy atom. The van der Waals surface area contributed by atoms with E-state index in [4.69, 9.17) is 37.0 Å². The second-order valence-electron chi connectivity index (χ2n) is 26.8. The van der Waals surface area contributed by atoms with Crippen molar-refractivity contribution in [1.82, 2.24) is 0 Å². The summed E-state index contributed by atoms with van der Waals surface area (Å²) in [5.74, 6) is 0.809. The van der Waals surface area contributed by atoms with Crippen molar-refractivity contribution in [2.24, 2.45) is 23.7 Å². The fraction of sp³-hybridized carbons (Fsp3) is 0.942. The minimum absolute atomic E-state index is 0.103. The topological polar surface area (TPSA) is 237 Å². The summed E-state index contributed by atoms with van der Waals surface area (Å²) in [5.41, 5.74) is 0. The van der Waals surface area contributed by atoms with Gasteiger partial charge < -0.3 is 33.8 Å². The number of rotatable bonds is 66. The van der Waals surface area contributed by atoms with Gasteiger partial charge in [0.15, 0.2) is 12.2 Å². The van der Waals surface area contributed by atoms with Crippen LogP contribution >= 0.6 is 15.6 Å². The van der Waals surface area contributed by atoms with Crippen LogP contribution in [0.25, 0.3) is 0 Å². The van der Waals surface area contributed by atoms with Crippen LogP contribution < -0.4 is 0 Å². The second kappa shape index (κ2) is 58.8. The number of unbranched alkanes of at least 4 members (excludes halogenated alkanes) is 32. The van der Waals surface area contributed by atoms with Gasteiger partial charge in [0.25, 0.3) is 0 Å². The summed E-state index contributed by atoms with van der Waals surface area (Å²) in [6, 6.07) is 0. The standard InChI is InChI=1S/C69H134O17P2/c1-59(2)45-37-29-21-14-11-9-10-12-16-25-33-41-49-66(71)79-55-64(85-68(73)51-43-35-26-17-13-15-22-30-38-46-60(3)4)57-83-87(75,76)81-53-63(70)54-82-88(77,78)84-58-65(56-80-67(72)50-42-34-28-20-24-32-40-48-62(7)8)86-69(74)52-44-36-27-19-18-23-31-39-47-61(5)6/h59-65,70H,9-58H2,1-8H3,(H,75,76)(H,77,78)/t63?,64-,65-/m1/s1. The minimum atomic E-state index is -4.95. The number of aliphatic hydroxyl groups is 1. The third-order valence-corrected chi connectivity index (χ3v) is 17.7. The Bertz CT molecular complexity index is 1750. The number of phosphoric acid groups is 2. The number of hydrogen-bond acceptors (Lipinski definition) is 15. The Labute approximate surface area is 537 Å². The lowest BCUT2D eigenvalue weighted by Gasteiger charge is -2.21. The summed E-state index contributed by atoms with van der Waals surface area (Å²) in [5, 5.41) is 10.6. The molecule has 0 bridgehead atoms. The molecule has 0 saturated carbocycles. The lowest BCUT2D eigenvalue weighted by molar-refractivity contribution is -0.161. The molecular formula is C69H134O17P2. The number of esters is 4. The molecule has 0 amide bonds. The number of hydrogen-bond donors (Lipinski definition) is 3. The fourth-order valence-electron chi connectivity index (χ4n) is 10.3. The molecule has 0 aliphatic carbocycles. The van der Waals surface area contributed by atoms with Gasteiger partial charge in [0.2, 0.25) is 0 Å².